The standard InChI is InChI=1S/C19H24N8O2S/c1-4-5-6-9-15(28)22-19-21-14(12-30-19)11-29-24-17(18-23-25-26-27(18)3)16-13(2)8-7-10-20-16/h7-8,10,12H,4-6,9,11H2,1-3H3,(H,21,22,28). The van der Waals surface area contributed by atoms with Gasteiger partial charge in [-0.05, 0) is 35.4 Å². The average molecular weight is 429 g/mol. The van der Waals surface area contributed by atoms with Crippen molar-refractivity contribution in [2.75, 3.05) is 5.32 Å². The number of rotatable bonds is 10. The van der Waals surface area contributed by atoms with Crippen LogP contribution >= 0.6 is 11.3 Å². The van der Waals surface area contributed by atoms with Gasteiger partial charge in [0, 0.05) is 25.0 Å². The second-order valence-corrected chi connectivity index (χ2v) is 7.52. The molecule has 0 aromatic carbocycles. The highest BCUT2D eigenvalue weighted by Crippen LogP contribution is 2.17. The van der Waals surface area contributed by atoms with Gasteiger partial charge in [0.05, 0.1) is 11.4 Å². The van der Waals surface area contributed by atoms with E-state index in [0.29, 0.717) is 34.5 Å². The van der Waals surface area contributed by atoms with E-state index in [1.165, 1.54) is 16.0 Å². The van der Waals surface area contributed by atoms with Gasteiger partial charge in [-0.3, -0.25) is 9.78 Å². The Hall–Kier alpha value is -3.21. The maximum absolute atomic E-state index is 11.9. The first-order valence-electron chi connectivity index (χ1n) is 9.67. The predicted octanol–water partition coefficient (Wildman–Crippen LogP) is 2.86. The molecular formula is C19H24N8O2S. The Morgan fingerprint density at radius 1 is 1.37 bits per heavy atom. The van der Waals surface area contributed by atoms with Crippen LogP contribution in [0.3, 0.4) is 0 Å². The number of aryl methyl sites for hydroxylation is 2. The molecule has 0 radical (unpaired) electrons. The molecule has 3 aromatic rings. The molecule has 3 heterocycles. The maximum Gasteiger partial charge on any atom is 0.226 e. The van der Waals surface area contributed by atoms with E-state index in [4.69, 9.17) is 4.84 Å². The first kappa shape index (κ1) is 21.5. The highest BCUT2D eigenvalue weighted by Gasteiger charge is 2.18. The topological polar surface area (TPSA) is 120 Å². The molecule has 0 unspecified atom stereocenters. The van der Waals surface area contributed by atoms with Crippen LogP contribution in [-0.2, 0) is 23.3 Å². The molecule has 11 heteroatoms. The van der Waals surface area contributed by atoms with Crippen molar-refractivity contribution < 1.29 is 9.63 Å². The van der Waals surface area contributed by atoms with Crippen molar-refractivity contribution >= 4 is 28.1 Å². The van der Waals surface area contributed by atoms with Gasteiger partial charge >= 0.3 is 0 Å². The van der Waals surface area contributed by atoms with Crippen molar-refractivity contribution in [2.24, 2.45) is 12.2 Å². The summed E-state index contributed by atoms with van der Waals surface area (Å²) in [7, 11) is 1.72. The van der Waals surface area contributed by atoms with Crippen molar-refractivity contribution in [2.45, 2.75) is 46.1 Å². The second-order valence-electron chi connectivity index (χ2n) is 6.66. The molecule has 1 N–H and O–H groups in total. The van der Waals surface area contributed by atoms with Crippen LogP contribution in [0, 0.1) is 6.92 Å². The van der Waals surface area contributed by atoms with Gasteiger partial charge < -0.3 is 10.2 Å². The number of nitrogens with zero attached hydrogens (tertiary/aromatic N) is 7. The normalized spacial score (nSPS) is 11.5. The van der Waals surface area contributed by atoms with E-state index < -0.39 is 0 Å². The fourth-order valence-corrected chi connectivity index (χ4v) is 3.38. The highest BCUT2D eigenvalue weighted by atomic mass is 32.1. The molecule has 10 nitrogen and oxygen atoms in total. The largest absolute Gasteiger partial charge is 0.389 e. The smallest absolute Gasteiger partial charge is 0.226 e. The number of anilines is 1. The minimum absolute atomic E-state index is 0.0222. The summed E-state index contributed by atoms with van der Waals surface area (Å²) in [6.45, 7) is 4.18. The van der Waals surface area contributed by atoms with Crippen LogP contribution in [0.1, 0.15) is 55.4 Å². The monoisotopic (exact) mass is 428 g/mol. The zero-order valence-corrected chi connectivity index (χ0v) is 18.0. The van der Waals surface area contributed by atoms with Gasteiger partial charge in [-0.25, -0.2) is 9.67 Å². The lowest BCUT2D eigenvalue weighted by molar-refractivity contribution is -0.116. The lowest BCUT2D eigenvalue weighted by atomic mass is 10.1. The summed E-state index contributed by atoms with van der Waals surface area (Å²) in [6.07, 6.45) is 5.18. The van der Waals surface area contributed by atoms with Gasteiger partial charge in [0.1, 0.15) is 0 Å². The van der Waals surface area contributed by atoms with Gasteiger partial charge in [-0.15, -0.1) is 16.4 Å². The number of tetrazole rings is 1. The number of oxime groups is 1. The van der Waals surface area contributed by atoms with Gasteiger partial charge in [0.2, 0.25) is 11.7 Å². The van der Waals surface area contributed by atoms with Crippen molar-refractivity contribution in [3.05, 3.63) is 46.5 Å². The Labute approximate surface area is 178 Å². The fourth-order valence-electron chi connectivity index (χ4n) is 2.66. The number of thiazole rings is 1. The summed E-state index contributed by atoms with van der Waals surface area (Å²) in [5.41, 5.74) is 2.65. The van der Waals surface area contributed by atoms with E-state index in [-0.39, 0.29) is 12.5 Å². The molecule has 0 aliphatic heterocycles. The quantitative estimate of drug-likeness (QED) is 0.299. The molecule has 0 bridgehead atoms. The van der Waals surface area contributed by atoms with Crippen LogP contribution < -0.4 is 5.32 Å². The summed E-state index contributed by atoms with van der Waals surface area (Å²) < 4.78 is 1.51. The third-order valence-electron chi connectivity index (χ3n) is 4.24. The van der Waals surface area contributed by atoms with Crippen molar-refractivity contribution in [3.63, 3.8) is 0 Å². The molecule has 1 amide bonds. The molecular weight excluding hydrogens is 404 g/mol. The van der Waals surface area contributed by atoms with E-state index in [0.717, 1.165) is 24.8 Å². The summed E-state index contributed by atoms with van der Waals surface area (Å²) in [6, 6.07) is 3.77. The zero-order chi connectivity index (χ0) is 21.3. The number of nitrogens with one attached hydrogen (secondary N) is 1. The second kappa shape index (κ2) is 10.5. The number of pyridine rings is 1. The molecule has 0 saturated carbocycles. The maximum atomic E-state index is 11.9. The molecule has 0 aliphatic carbocycles. The number of unbranched alkanes of at least 4 members (excludes halogenated alkanes) is 2. The molecule has 3 aromatic heterocycles. The Kier molecular flexibility index (Phi) is 7.55. The van der Waals surface area contributed by atoms with Crippen molar-refractivity contribution in [3.8, 4) is 0 Å². The van der Waals surface area contributed by atoms with Crippen molar-refractivity contribution in [1.29, 1.82) is 0 Å². The molecule has 0 atom stereocenters. The predicted molar refractivity (Wildman–Crippen MR) is 113 cm³/mol. The summed E-state index contributed by atoms with van der Waals surface area (Å²) in [5.74, 6) is 0.418. The number of hydrogen-bond donors (Lipinski definition) is 1. The minimum Gasteiger partial charge on any atom is -0.389 e. The SMILES string of the molecule is CCCCCC(=O)Nc1nc(CON=C(c2ncccc2C)c2nnnn2C)cs1. The van der Waals surface area contributed by atoms with E-state index in [2.05, 4.69) is 42.9 Å². The minimum atomic E-state index is -0.0222. The number of hydrogen-bond acceptors (Lipinski definition) is 9. The Bertz CT molecular complexity index is 1010. The molecule has 3 rings (SSSR count). The fraction of sp³-hybridized carbons (Fsp3) is 0.421. The number of carbonyl (C=O) groups excluding carboxylic acids is 1. The van der Waals surface area contributed by atoms with Crippen LogP contribution in [0.5, 0.6) is 0 Å². The van der Waals surface area contributed by atoms with Crippen LogP contribution in [0.2, 0.25) is 0 Å². The van der Waals surface area contributed by atoms with Crippen LogP contribution in [0.15, 0.2) is 28.9 Å². The Morgan fingerprint density at radius 2 is 2.23 bits per heavy atom. The molecule has 0 aliphatic rings. The van der Waals surface area contributed by atoms with Gasteiger partial charge in [-0.2, -0.15) is 0 Å². The Morgan fingerprint density at radius 3 is 2.97 bits per heavy atom. The molecule has 0 fully saturated rings. The van der Waals surface area contributed by atoms with Gasteiger partial charge in [0.25, 0.3) is 0 Å². The first-order valence-corrected chi connectivity index (χ1v) is 10.6. The van der Waals surface area contributed by atoms with Crippen molar-refractivity contribution in [1.82, 2.24) is 30.2 Å². The average Bonchev–Trinajstić information content (AvgIpc) is 3.35. The van der Waals surface area contributed by atoms with Crippen LogP contribution in [0.4, 0.5) is 5.13 Å². The number of aromatic nitrogens is 6. The number of amides is 1. The Balaban J connectivity index is 1.66. The lowest BCUT2D eigenvalue weighted by Gasteiger charge is -2.07. The molecule has 30 heavy (non-hydrogen) atoms. The molecule has 0 spiro atoms. The summed E-state index contributed by atoms with van der Waals surface area (Å²) in [4.78, 5) is 26.2. The zero-order valence-electron chi connectivity index (χ0n) is 17.2. The van der Waals surface area contributed by atoms with E-state index >= 15 is 0 Å². The number of carbonyl (C=O) groups is 1. The molecule has 158 valence electrons. The van der Waals surface area contributed by atoms with Crippen LogP contribution in [-0.4, -0.2) is 41.8 Å². The third-order valence-corrected chi connectivity index (χ3v) is 5.05. The summed E-state index contributed by atoms with van der Waals surface area (Å²) >= 11 is 1.35. The van der Waals surface area contributed by atoms with Gasteiger partial charge in [-0.1, -0.05) is 31.0 Å². The van der Waals surface area contributed by atoms with E-state index in [9.17, 15) is 4.79 Å². The van der Waals surface area contributed by atoms with Crippen LogP contribution in [0.25, 0.3) is 0 Å². The third kappa shape index (κ3) is 5.66. The highest BCUT2D eigenvalue weighted by molar-refractivity contribution is 7.13. The lowest BCUT2D eigenvalue weighted by Crippen LogP contribution is -2.15. The first-order chi connectivity index (χ1) is 14.6. The van der Waals surface area contributed by atoms with E-state index in [1.54, 1.807) is 13.2 Å². The molecule has 0 saturated heterocycles. The van der Waals surface area contributed by atoms with E-state index in [1.807, 2.05) is 24.4 Å². The summed E-state index contributed by atoms with van der Waals surface area (Å²) in [5, 5.41) is 21.0. The van der Waals surface area contributed by atoms with Gasteiger partial charge in [0.15, 0.2) is 17.5 Å².